The van der Waals surface area contributed by atoms with E-state index in [0.29, 0.717) is 29.8 Å². The second kappa shape index (κ2) is 11.2. The van der Waals surface area contributed by atoms with Gasteiger partial charge < -0.3 is 15.0 Å². The van der Waals surface area contributed by atoms with Crippen molar-refractivity contribution in [3.63, 3.8) is 0 Å². The molecule has 1 atom stereocenters. The Labute approximate surface area is 185 Å². The van der Waals surface area contributed by atoms with Crippen LogP contribution in [0.15, 0.2) is 53.0 Å². The first-order valence-electron chi connectivity index (χ1n) is 9.46. The molecule has 2 aromatic rings. The standard InChI is InChI=1S/C22H26BrClN2O3/c1-15(2)12-25-22(28)16(3)26(13-17-7-9-18(23)10-8-17)21(27)14-29-20-6-4-5-19(24)11-20/h4-11,15-16H,12-14H2,1-3H3,(H,25,28)/t16-/m1/s1. The van der Waals surface area contributed by atoms with Crippen molar-refractivity contribution in [1.29, 1.82) is 0 Å². The van der Waals surface area contributed by atoms with Crippen molar-refractivity contribution in [2.45, 2.75) is 33.4 Å². The fourth-order valence-corrected chi connectivity index (χ4v) is 3.05. The number of carbonyl (C=O) groups excluding carboxylic acids is 2. The molecule has 2 aromatic carbocycles. The number of rotatable bonds is 9. The number of halogens is 2. The summed E-state index contributed by atoms with van der Waals surface area (Å²) in [5.74, 6) is 0.367. The van der Waals surface area contributed by atoms with Gasteiger partial charge in [0.1, 0.15) is 11.8 Å². The molecule has 0 aliphatic heterocycles. The molecule has 156 valence electrons. The second-order valence-electron chi connectivity index (χ2n) is 7.21. The van der Waals surface area contributed by atoms with Gasteiger partial charge in [0, 0.05) is 22.6 Å². The Morgan fingerprint density at radius 1 is 1.14 bits per heavy atom. The largest absolute Gasteiger partial charge is 0.484 e. The van der Waals surface area contributed by atoms with Gasteiger partial charge in [-0.1, -0.05) is 59.6 Å². The molecule has 0 saturated carbocycles. The van der Waals surface area contributed by atoms with Gasteiger partial charge in [0.05, 0.1) is 0 Å². The van der Waals surface area contributed by atoms with Crippen LogP contribution in [-0.4, -0.2) is 35.9 Å². The molecule has 7 heteroatoms. The smallest absolute Gasteiger partial charge is 0.261 e. The zero-order valence-electron chi connectivity index (χ0n) is 16.8. The van der Waals surface area contributed by atoms with Crippen LogP contribution in [0.25, 0.3) is 0 Å². The summed E-state index contributed by atoms with van der Waals surface area (Å²) in [6.45, 7) is 6.46. The van der Waals surface area contributed by atoms with E-state index < -0.39 is 6.04 Å². The summed E-state index contributed by atoms with van der Waals surface area (Å²) >= 11 is 9.37. The van der Waals surface area contributed by atoms with Crippen LogP contribution in [0.3, 0.4) is 0 Å². The summed E-state index contributed by atoms with van der Waals surface area (Å²) in [6, 6.07) is 13.9. The molecule has 0 aliphatic carbocycles. The minimum absolute atomic E-state index is 0.182. The normalized spacial score (nSPS) is 11.8. The van der Waals surface area contributed by atoms with E-state index >= 15 is 0 Å². The van der Waals surface area contributed by atoms with Crippen molar-refractivity contribution < 1.29 is 14.3 Å². The fraction of sp³-hybridized carbons (Fsp3) is 0.364. The minimum atomic E-state index is -0.632. The summed E-state index contributed by atoms with van der Waals surface area (Å²) in [7, 11) is 0. The third-order valence-corrected chi connectivity index (χ3v) is 5.04. The first kappa shape index (κ1) is 23.2. The zero-order valence-corrected chi connectivity index (χ0v) is 19.2. The SMILES string of the molecule is CC(C)CNC(=O)[C@@H](C)N(Cc1ccc(Br)cc1)C(=O)COc1cccc(Cl)c1. The molecule has 2 amide bonds. The average Bonchev–Trinajstić information content (AvgIpc) is 2.69. The number of hydrogen-bond donors (Lipinski definition) is 1. The van der Waals surface area contributed by atoms with Crippen molar-refractivity contribution in [3.05, 3.63) is 63.6 Å². The molecule has 0 radical (unpaired) electrons. The van der Waals surface area contributed by atoms with E-state index in [-0.39, 0.29) is 18.4 Å². The van der Waals surface area contributed by atoms with E-state index in [4.69, 9.17) is 16.3 Å². The molecule has 0 heterocycles. The van der Waals surface area contributed by atoms with Gasteiger partial charge in [0.15, 0.2) is 6.61 Å². The molecular weight excluding hydrogens is 456 g/mol. The molecule has 0 unspecified atom stereocenters. The Balaban J connectivity index is 2.12. The highest BCUT2D eigenvalue weighted by Gasteiger charge is 2.26. The number of nitrogens with one attached hydrogen (secondary N) is 1. The van der Waals surface area contributed by atoms with Gasteiger partial charge in [-0.3, -0.25) is 9.59 Å². The van der Waals surface area contributed by atoms with Crippen molar-refractivity contribution in [2.24, 2.45) is 5.92 Å². The highest BCUT2D eigenvalue weighted by atomic mass is 79.9. The Morgan fingerprint density at radius 2 is 1.83 bits per heavy atom. The quantitative estimate of drug-likeness (QED) is 0.566. The van der Waals surface area contributed by atoms with Crippen molar-refractivity contribution in [1.82, 2.24) is 10.2 Å². The minimum Gasteiger partial charge on any atom is -0.484 e. The van der Waals surface area contributed by atoms with Gasteiger partial charge in [0.2, 0.25) is 5.91 Å². The first-order chi connectivity index (χ1) is 13.8. The molecule has 0 spiro atoms. The number of hydrogen-bond acceptors (Lipinski definition) is 3. The maximum atomic E-state index is 12.9. The molecule has 1 N–H and O–H groups in total. The van der Waals surface area contributed by atoms with Crippen LogP contribution in [0.4, 0.5) is 0 Å². The molecule has 0 bridgehead atoms. The van der Waals surface area contributed by atoms with E-state index in [1.54, 1.807) is 31.2 Å². The molecule has 0 saturated heterocycles. The topological polar surface area (TPSA) is 58.6 Å². The molecule has 2 rings (SSSR count). The average molecular weight is 482 g/mol. The highest BCUT2D eigenvalue weighted by Crippen LogP contribution is 2.18. The second-order valence-corrected chi connectivity index (χ2v) is 8.56. The van der Waals surface area contributed by atoms with Gasteiger partial charge >= 0.3 is 0 Å². The predicted octanol–water partition coefficient (Wildman–Crippen LogP) is 4.67. The van der Waals surface area contributed by atoms with Crippen molar-refractivity contribution in [3.8, 4) is 5.75 Å². The van der Waals surface area contributed by atoms with Gasteiger partial charge in [-0.2, -0.15) is 0 Å². The molecule has 0 fully saturated rings. The van der Waals surface area contributed by atoms with Crippen LogP contribution < -0.4 is 10.1 Å². The third-order valence-electron chi connectivity index (χ3n) is 4.28. The van der Waals surface area contributed by atoms with Gasteiger partial charge in [-0.15, -0.1) is 0 Å². The lowest BCUT2D eigenvalue weighted by Crippen LogP contribution is -2.49. The molecule has 5 nitrogen and oxygen atoms in total. The molecule has 0 aromatic heterocycles. The predicted molar refractivity (Wildman–Crippen MR) is 119 cm³/mol. The van der Waals surface area contributed by atoms with Gasteiger partial charge in [-0.05, 0) is 48.7 Å². The van der Waals surface area contributed by atoms with Crippen LogP contribution in [-0.2, 0) is 16.1 Å². The molecule has 0 aliphatic rings. The summed E-state index contributed by atoms with van der Waals surface area (Å²) in [5, 5.41) is 3.43. The Bertz CT molecular complexity index is 827. The third kappa shape index (κ3) is 7.71. The lowest BCUT2D eigenvalue weighted by molar-refractivity contribution is -0.142. The fourth-order valence-electron chi connectivity index (χ4n) is 2.61. The lowest BCUT2D eigenvalue weighted by atomic mass is 10.1. The summed E-state index contributed by atoms with van der Waals surface area (Å²) in [6.07, 6.45) is 0. The van der Waals surface area contributed by atoms with E-state index in [9.17, 15) is 9.59 Å². The van der Waals surface area contributed by atoms with E-state index in [2.05, 4.69) is 21.2 Å². The van der Waals surface area contributed by atoms with E-state index in [1.807, 2.05) is 38.1 Å². The molecular formula is C22H26BrClN2O3. The Hall–Kier alpha value is -2.05. The molecule has 29 heavy (non-hydrogen) atoms. The Kier molecular flexibility index (Phi) is 8.99. The van der Waals surface area contributed by atoms with E-state index in [0.717, 1.165) is 10.0 Å². The van der Waals surface area contributed by atoms with Crippen LogP contribution in [0.2, 0.25) is 5.02 Å². The van der Waals surface area contributed by atoms with Crippen molar-refractivity contribution >= 4 is 39.3 Å². The van der Waals surface area contributed by atoms with Crippen LogP contribution in [0.5, 0.6) is 5.75 Å². The van der Waals surface area contributed by atoms with Gasteiger partial charge in [-0.25, -0.2) is 0 Å². The number of amides is 2. The van der Waals surface area contributed by atoms with Crippen LogP contribution in [0.1, 0.15) is 26.3 Å². The summed E-state index contributed by atoms with van der Waals surface area (Å²) in [5.41, 5.74) is 0.924. The van der Waals surface area contributed by atoms with E-state index in [1.165, 1.54) is 4.90 Å². The summed E-state index contributed by atoms with van der Waals surface area (Å²) in [4.78, 5) is 27.1. The summed E-state index contributed by atoms with van der Waals surface area (Å²) < 4.78 is 6.55. The number of ether oxygens (including phenoxy) is 1. The zero-order chi connectivity index (χ0) is 21.4. The monoisotopic (exact) mass is 480 g/mol. The maximum absolute atomic E-state index is 12.9. The number of benzene rings is 2. The van der Waals surface area contributed by atoms with Gasteiger partial charge in [0.25, 0.3) is 5.91 Å². The lowest BCUT2D eigenvalue weighted by Gasteiger charge is -2.29. The first-order valence-corrected chi connectivity index (χ1v) is 10.6. The van der Waals surface area contributed by atoms with Crippen LogP contribution in [0, 0.1) is 5.92 Å². The number of nitrogens with zero attached hydrogens (tertiary/aromatic N) is 1. The highest BCUT2D eigenvalue weighted by molar-refractivity contribution is 9.10. The maximum Gasteiger partial charge on any atom is 0.261 e. The van der Waals surface area contributed by atoms with Crippen molar-refractivity contribution in [2.75, 3.05) is 13.2 Å². The van der Waals surface area contributed by atoms with Crippen LogP contribution >= 0.6 is 27.5 Å². The Morgan fingerprint density at radius 3 is 2.45 bits per heavy atom. The number of carbonyl (C=O) groups is 2.